The van der Waals surface area contributed by atoms with Crippen molar-refractivity contribution >= 4 is 17.7 Å². The highest BCUT2D eigenvalue weighted by Crippen LogP contribution is 2.60. The molecule has 0 bridgehead atoms. The Balaban J connectivity index is 2.04. The molecule has 0 aromatic carbocycles. The van der Waals surface area contributed by atoms with Crippen LogP contribution < -0.4 is 0 Å². The maximum absolute atomic E-state index is 12.7. The molecule has 0 amide bonds. The van der Waals surface area contributed by atoms with E-state index in [0.29, 0.717) is 17.6 Å². The Labute approximate surface area is 160 Å². The molecule has 0 aromatic rings. The number of esters is 2. The minimum atomic E-state index is -0.759. The van der Waals surface area contributed by atoms with Crippen LogP contribution in [0, 0.1) is 17.3 Å². The van der Waals surface area contributed by atoms with E-state index in [2.05, 4.69) is 0 Å². The van der Waals surface area contributed by atoms with Gasteiger partial charge < -0.3 is 9.47 Å². The molecule has 3 atom stereocenters. The summed E-state index contributed by atoms with van der Waals surface area (Å²) in [6.45, 7) is 9.36. The van der Waals surface area contributed by atoms with Crippen LogP contribution in [0.15, 0.2) is 47.1 Å². The van der Waals surface area contributed by atoms with Crippen molar-refractivity contribution in [3.05, 3.63) is 47.1 Å². The molecule has 27 heavy (non-hydrogen) atoms. The van der Waals surface area contributed by atoms with E-state index >= 15 is 0 Å². The molecule has 0 saturated heterocycles. The molecule has 0 aliphatic heterocycles. The van der Waals surface area contributed by atoms with Gasteiger partial charge in [0, 0.05) is 17.6 Å². The number of methoxy groups -OCH3 is 1. The molecule has 0 heterocycles. The summed E-state index contributed by atoms with van der Waals surface area (Å²) < 4.78 is 10.3. The van der Waals surface area contributed by atoms with E-state index in [0.717, 1.165) is 5.57 Å². The van der Waals surface area contributed by atoms with Gasteiger partial charge in [-0.25, -0.2) is 4.79 Å². The van der Waals surface area contributed by atoms with Gasteiger partial charge in [-0.3, -0.25) is 9.59 Å². The molecule has 5 heteroatoms. The summed E-state index contributed by atoms with van der Waals surface area (Å²) in [6, 6.07) is 0. The molecule has 146 valence electrons. The second kappa shape index (κ2) is 8.07. The molecule has 0 radical (unpaired) electrons. The van der Waals surface area contributed by atoms with E-state index in [1.54, 1.807) is 25.2 Å². The summed E-state index contributed by atoms with van der Waals surface area (Å²) in [4.78, 5) is 36.8. The van der Waals surface area contributed by atoms with Crippen LogP contribution in [0.5, 0.6) is 0 Å². The average molecular weight is 372 g/mol. The Morgan fingerprint density at radius 1 is 1.22 bits per heavy atom. The van der Waals surface area contributed by atoms with Crippen molar-refractivity contribution in [1.29, 1.82) is 0 Å². The molecule has 0 aromatic heterocycles. The molecule has 2 aliphatic rings. The van der Waals surface area contributed by atoms with Crippen LogP contribution in [-0.4, -0.2) is 30.9 Å². The topological polar surface area (TPSA) is 69.7 Å². The van der Waals surface area contributed by atoms with Gasteiger partial charge in [-0.2, -0.15) is 0 Å². The summed E-state index contributed by atoms with van der Waals surface area (Å²) >= 11 is 0. The van der Waals surface area contributed by atoms with Crippen molar-refractivity contribution in [2.24, 2.45) is 17.3 Å². The fourth-order valence-electron chi connectivity index (χ4n) is 3.60. The highest BCUT2D eigenvalue weighted by atomic mass is 16.5. The zero-order chi connectivity index (χ0) is 20.4. The number of allylic oxidation sites excluding steroid dienone is 5. The van der Waals surface area contributed by atoms with Crippen molar-refractivity contribution in [2.45, 2.75) is 47.1 Å². The highest BCUT2D eigenvalue weighted by molar-refractivity contribution is 6.05. The molecular formula is C22H28O5. The number of Topliss-reactive ketones (excluding diaryl/α,β-unsaturated/α-hetero) is 1. The monoisotopic (exact) mass is 372 g/mol. The quantitative estimate of drug-likeness (QED) is 0.404. The Morgan fingerprint density at radius 2 is 1.89 bits per heavy atom. The first-order chi connectivity index (χ1) is 12.6. The molecule has 3 unspecified atom stereocenters. The van der Waals surface area contributed by atoms with E-state index < -0.39 is 12.1 Å². The van der Waals surface area contributed by atoms with Gasteiger partial charge in [0.05, 0.1) is 13.0 Å². The zero-order valence-electron chi connectivity index (χ0n) is 16.9. The smallest absolute Gasteiger partial charge is 0.333 e. The molecule has 0 N–H and O–H groups in total. The fraction of sp³-hybridized carbons (Fsp3) is 0.500. The SMILES string of the molecule is C/C=C/C=C/C1=C(C)CC(OC(=O)C2C(/C=C(/C)C(=O)OC)C2(C)C)C1=O. The average Bonchev–Trinajstić information content (AvgIpc) is 3.05. The van der Waals surface area contributed by atoms with Crippen LogP contribution in [0.3, 0.4) is 0 Å². The molecule has 0 spiro atoms. The van der Waals surface area contributed by atoms with E-state index in [4.69, 9.17) is 9.47 Å². The molecular weight excluding hydrogens is 344 g/mol. The number of ketones is 1. The highest BCUT2D eigenvalue weighted by Gasteiger charge is 2.62. The lowest BCUT2D eigenvalue weighted by Gasteiger charge is -2.11. The van der Waals surface area contributed by atoms with Gasteiger partial charge in [0.25, 0.3) is 0 Å². The van der Waals surface area contributed by atoms with Gasteiger partial charge in [-0.1, -0.05) is 49.8 Å². The van der Waals surface area contributed by atoms with E-state index in [9.17, 15) is 14.4 Å². The van der Waals surface area contributed by atoms with E-state index in [-0.39, 0.29) is 29.0 Å². The first kappa shape index (κ1) is 20.9. The number of carbonyl (C=O) groups excluding carboxylic acids is 3. The van der Waals surface area contributed by atoms with Crippen LogP contribution in [0.25, 0.3) is 0 Å². The fourth-order valence-corrected chi connectivity index (χ4v) is 3.60. The lowest BCUT2D eigenvalue weighted by atomic mass is 10.1. The largest absolute Gasteiger partial charge is 0.466 e. The summed E-state index contributed by atoms with van der Waals surface area (Å²) in [6.07, 6.45) is 8.73. The summed E-state index contributed by atoms with van der Waals surface area (Å²) in [5.74, 6) is -1.42. The van der Waals surface area contributed by atoms with Gasteiger partial charge in [0.2, 0.25) is 5.78 Å². The minimum Gasteiger partial charge on any atom is -0.466 e. The van der Waals surface area contributed by atoms with Gasteiger partial charge in [0.15, 0.2) is 6.10 Å². The van der Waals surface area contributed by atoms with Crippen LogP contribution in [0.4, 0.5) is 0 Å². The maximum Gasteiger partial charge on any atom is 0.333 e. The number of ether oxygens (including phenoxy) is 2. The number of carbonyl (C=O) groups is 3. The standard InChI is InChI=1S/C22H28O5/c1-7-8-9-10-15-13(2)12-17(19(15)23)27-21(25)18-16(22(18,4)5)11-14(3)20(24)26-6/h7-11,16-18H,12H2,1-6H3/b8-7+,10-9+,14-11-. The third-order valence-electron chi connectivity index (χ3n) is 5.44. The van der Waals surface area contributed by atoms with Gasteiger partial charge in [0.1, 0.15) is 0 Å². The maximum atomic E-state index is 12.7. The molecule has 1 saturated carbocycles. The van der Waals surface area contributed by atoms with E-state index in [1.165, 1.54) is 7.11 Å². The first-order valence-electron chi connectivity index (χ1n) is 9.15. The first-order valence-corrected chi connectivity index (χ1v) is 9.15. The van der Waals surface area contributed by atoms with Crippen LogP contribution >= 0.6 is 0 Å². The lowest BCUT2D eigenvalue weighted by Crippen LogP contribution is -2.25. The van der Waals surface area contributed by atoms with Crippen molar-refractivity contribution in [2.75, 3.05) is 7.11 Å². The number of rotatable bonds is 6. The zero-order valence-corrected chi connectivity index (χ0v) is 16.9. The van der Waals surface area contributed by atoms with Crippen LogP contribution in [-0.2, 0) is 23.9 Å². The predicted octanol–water partition coefficient (Wildman–Crippen LogP) is 3.71. The predicted molar refractivity (Wildman–Crippen MR) is 103 cm³/mol. The van der Waals surface area contributed by atoms with Gasteiger partial charge in [-0.05, 0) is 32.1 Å². The lowest BCUT2D eigenvalue weighted by molar-refractivity contribution is -0.155. The molecule has 5 nitrogen and oxygen atoms in total. The normalized spacial score (nSPS) is 27.6. The third-order valence-corrected chi connectivity index (χ3v) is 5.44. The van der Waals surface area contributed by atoms with Gasteiger partial charge >= 0.3 is 11.9 Å². The molecule has 1 fully saturated rings. The van der Waals surface area contributed by atoms with E-state index in [1.807, 2.05) is 39.8 Å². The number of hydrogen-bond acceptors (Lipinski definition) is 5. The van der Waals surface area contributed by atoms with Crippen molar-refractivity contribution in [3.63, 3.8) is 0 Å². The van der Waals surface area contributed by atoms with Crippen molar-refractivity contribution in [3.8, 4) is 0 Å². The van der Waals surface area contributed by atoms with Crippen molar-refractivity contribution in [1.82, 2.24) is 0 Å². The third kappa shape index (κ3) is 4.29. The Hall–Kier alpha value is -2.43. The second-order valence-electron chi connectivity index (χ2n) is 7.74. The summed E-state index contributed by atoms with van der Waals surface area (Å²) in [7, 11) is 1.33. The number of hydrogen-bond donors (Lipinski definition) is 0. The van der Waals surface area contributed by atoms with Gasteiger partial charge in [-0.15, -0.1) is 0 Å². The minimum absolute atomic E-state index is 0.108. The van der Waals surface area contributed by atoms with Crippen molar-refractivity contribution < 1.29 is 23.9 Å². The Morgan fingerprint density at radius 3 is 2.48 bits per heavy atom. The summed E-state index contributed by atoms with van der Waals surface area (Å²) in [5.41, 5.74) is 1.69. The Bertz CT molecular complexity index is 764. The van der Waals surface area contributed by atoms with Crippen LogP contribution in [0.2, 0.25) is 0 Å². The second-order valence-corrected chi connectivity index (χ2v) is 7.74. The molecule has 2 rings (SSSR count). The molecule has 2 aliphatic carbocycles. The van der Waals surface area contributed by atoms with Crippen LogP contribution in [0.1, 0.15) is 41.0 Å². The Kier molecular flexibility index (Phi) is 6.24. The summed E-state index contributed by atoms with van der Waals surface area (Å²) in [5, 5.41) is 0.